The van der Waals surface area contributed by atoms with E-state index in [1.165, 1.54) is 23.1 Å². The van der Waals surface area contributed by atoms with Crippen molar-refractivity contribution in [3.8, 4) is 5.69 Å². The lowest BCUT2D eigenvalue weighted by atomic mass is 10.3. The Bertz CT molecular complexity index is 763. The number of halogens is 1. The molecule has 0 aliphatic heterocycles. The lowest BCUT2D eigenvalue weighted by molar-refractivity contribution is -0.596. The van der Waals surface area contributed by atoms with Crippen LogP contribution in [0.1, 0.15) is 29.1 Å². The van der Waals surface area contributed by atoms with Crippen molar-refractivity contribution in [3.05, 3.63) is 35.0 Å². The summed E-state index contributed by atoms with van der Waals surface area (Å²) in [5.41, 5.74) is 8.37. The molecule has 0 spiro atoms. The number of thioether (sulfide) groups is 1. The van der Waals surface area contributed by atoms with Gasteiger partial charge in [0.15, 0.2) is 12.4 Å². The van der Waals surface area contributed by atoms with E-state index < -0.39 is 5.97 Å². The Balaban J connectivity index is 0.00000338. The van der Waals surface area contributed by atoms with Gasteiger partial charge in [0.25, 0.3) is 5.69 Å². The quantitative estimate of drug-likeness (QED) is 0.348. The van der Waals surface area contributed by atoms with Gasteiger partial charge in [0.05, 0.1) is 19.0 Å². The second-order valence-electron chi connectivity index (χ2n) is 5.08. The maximum atomic E-state index is 12.2. The Morgan fingerprint density at radius 1 is 1.19 bits per heavy atom. The van der Waals surface area contributed by atoms with Crippen LogP contribution in [-0.4, -0.2) is 30.9 Å². The predicted molar refractivity (Wildman–Crippen MR) is 98.3 cm³/mol. The van der Waals surface area contributed by atoms with E-state index in [9.17, 15) is 9.59 Å². The number of nitrogens with two attached hydrogens (primary N) is 1. The molecule has 142 valence electrons. The summed E-state index contributed by atoms with van der Waals surface area (Å²) in [7, 11) is 0. The molecule has 0 bridgehead atoms. The average molecular weight is 461 g/mol. The smallest absolute Gasteiger partial charge is 0.350 e. The van der Waals surface area contributed by atoms with Gasteiger partial charge < -0.3 is 32.2 Å². The first-order valence-corrected chi connectivity index (χ1v) is 9.64. The minimum Gasteiger partial charge on any atom is -1.00 e. The summed E-state index contributed by atoms with van der Waals surface area (Å²) in [6.45, 7) is 6.10. The molecule has 6 nitrogen and oxygen atoms in total. The third-order valence-corrected chi connectivity index (χ3v) is 5.64. The molecule has 9 heteroatoms. The zero-order valence-corrected chi connectivity index (χ0v) is 18.0. The Labute approximate surface area is 171 Å². The molecule has 0 aliphatic carbocycles. The number of carbonyl (C=O) groups is 2. The van der Waals surface area contributed by atoms with Gasteiger partial charge in [-0.05, 0) is 26.3 Å². The molecular formula is C17H21BrN2O4S2. The van der Waals surface area contributed by atoms with Gasteiger partial charge in [-0.15, -0.1) is 11.3 Å². The van der Waals surface area contributed by atoms with Gasteiger partial charge in [-0.2, -0.15) is 4.57 Å². The number of aromatic nitrogens is 1. The van der Waals surface area contributed by atoms with Crippen LogP contribution in [0.5, 0.6) is 0 Å². The van der Waals surface area contributed by atoms with E-state index in [0.29, 0.717) is 22.9 Å². The lowest BCUT2D eigenvalue weighted by Gasteiger charge is -2.02. The molecule has 2 N–H and O–H groups in total. The number of aryl methyl sites for hydroxylation is 1. The number of esters is 2. The molecule has 0 radical (unpaired) electrons. The molecule has 26 heavy (non-hydrogen) atoms. The number of hydrogen-bond donors (Lipinski definition) is 1. The Morgan fingerprint density at radius 3 is 2.38 bits per heavy atom. The van der Waals surface area contributed by atoms with Gasteiger partial charge >= 0.3 is 11.9 Å². The Hall–Kier alpha value is -1.58. The summed E-state index contributed by atoms with van der Waals surface area (Å²) < 4.78 is 12.6. The molecule has 0 atom stereocenters. The molecule has 0 amide bonds. The van der Waals surface area contributed by atoms with Crippen molar-refractivity contribution >= 4 is 40.7 Å². The maximum absolute atomic E-state index is 12.2. The van der Waals surface area contributed by atoms with Crippen LogP contribution in [0.25, 0.3) is 5.69 Å². The van der Waals surface area contributed by atoms with Gasteiger partial charge in [0, 0.05) is 12.1 Å². The van der Waals surface area contributed by atoms with Gasteiger partial charge in [-0.3, -0.25) is 4.79 Å². The highest BCUT2D eigenvalue weighted by Gasteiger charge is 2.29. The van der Waals surface area contributed by atoms with Crippen LogP contribution in [0.4, 0.5) is 5.69 Å². The lowest BCUT2D eigenvalue weighted by Crippen LogP contribution is -3.00. The van der Waals surface area contributed by atoms with Crippen LogP contribution in [-0.2, 0) is 14.3 Å². The van der Waals surface area contributed by atoms with Crippen LogP contribution >= 0.6 is 23.1 Å². The van der Waals surface area contributed by atoms with Crippen LogP contribution < -0.4 is 27.3 Å². The molecule has 2 aromatic heterocycles. The Kier molecular flexibility index (Phi) is 9.11. The zero-order valence-electron chi connectivity index (χ0n) is 14.8. The number of carbonyl (C=O) groups excluding carboxylic acids is 2. The van der Waals surface area contributed by atoms with E-state index >= 15 is 0 Å². The van der Waals surface area contributed by atoms with Crippen LogP contribution in [0, 0.1) is 6.92 Å². The number of anilines is 1. The van der Waals surface area contributed by atoms with Crippen molar-refractivity contribution in [3.63, 3.8) is 0 Å². The second kappa shape index (κ2) is 10.5. The van der Waals surface area contributed by atoms with E-state index in [2.05, 4.69) is 0 Å². The van der Waals surface area contributed by atoms with Gasteiger partial charge in [-0.25, -0.2) is 4.79 Å². The monoisotopic (exact) mass is 460 g/mol. The van der Waals surface area contributed by atoms with Crippen molar-refractivity contribution in [2.75, 3.05) is 24.7 Å². The van der Waals surface area contributed by atoms with Crippen LogP contribution in [0.15, 0.2) is 28.7 Å². The van der Waals surface area contributed by atoms with E-state index in [1.807, 2.05) is 36.0 Å². The van der Waals surface area contributed by atoms with E-state index in [0.717, 1.165) is 9.77 Å². The molecule has 0 aromatic carbocycles. The highest BCUT2D eigenvalue weighted by atomic mass is 79.9. The molecular weight excluding hydrogens is 440 g/mol. The number of pyridine rings is 1. The maximum Gasteiger partial charge on any atom is 0.350 e. The molecule has 0 aliphatic rings. The van der Waals surface area contributed by atoms with E-state index in [-0.39, 0.29) is 35.3 Å². The number of nitrogens with zero attached hydrogens (tertiary/aromatic N) is 1. The third kappa shape index (κ3) is 5.46. The van der Waals surface area contributed by atoms with Gasteiger partial charge in [0.2, 0.25) is 0 Å². The fourth-order valence-corrected chi connectivity index (χ4v) is 4.27. The van der Waals surface area contributed by atoms with Gasteiger partial charge in [0.1, 0.15) is 14.8 Å². The molecule has 2 heterocycles. The van der Waals surface area contributed by atoms with Crippen molar-refractivity contribution in [1.29, 1.82) is 0 Å². The fraction of sp³-hybridized carbons (Fsp3) is 0.353. The largest absolute Gasteiger partial charge is 1.00 e. The van der Waals surface area contributed by atoms with E-state index in [1.54, 1.807) is 13.8 Å². The molecule has 0 fully saturated rings. The normalized spacial score (nSPS) is 10.1. The number of thiophene rings is 1. The first-order valence-electron chi connectivity index (χ1n) is 7.84. The number of rotatable bonds is 7. The van der Waals surface area contributed by atoms with Crippen molar-refractivity contribution in [2.24, 2.45) is 0 Å². The van der Waals surface area contributed by atoms with Crippen molar-refractivity contribution in [1.82, 2.24) is 0 Å². The predicted octanol–water partition coefficient (Wildman–Crippen LogP) is -0.249. The standard InChI is InChI=1S/C17H20N2O4S2.BrH/c1-4-22-12(20)10-24-17-14(19-8-6-11(3)7-9-19)13(18)15(25-17)16(21)23-5-2;/h6-9H,4-5,10H2,1-3H3,(H-,18,21);1H. The van der Waals surface area contributed by atoms with Crippen molar-refractivity contribution in [2.45, 2.75) is 25.0 Å². The topological polar surface area (TPSA) is 82.5 Å². The van der Waals surface area contributed by atoms with Gasteiger partial charge in [-0.1, -0.05) is 11.8 Å². The first kappa shape index (κ1) is 22.5. The van der Waals surface area contributed by atoms with Crippen LogP contribution in [0.3, 0.4) is 0 Å². The minimum absolute atomic E-state index is 0. The molecule has 2 rings (SSSR count). The summed E-state index contributed by atoms with van der Waals surface area (Å²) in [5.74, 6) is -0.617. The fourth-order valence-electron chi connectivity index (χ4n) is 2.08. The summed E-state index contributed by atoms with van der Waals surface area (Å²) in [5, 5.41) is 0. The van der Waals surface area contributed by atoms with E-state index in [4.69, 9.17) is 15.2 Å². The minimum atomic E-state index is -0.457. The number of hydrogen-bond acceptors (Lipinski definition) is 7. The summed E-state index contributed by atoms with van der Waals surface area (Å²) in [6, 6.07) is 3.89. The summed E-state index contributed by atoms with van der Waals surface area (Å²) in [4.78, 5) is 24.2. The molecule has 0 saturated heterocycles. The highest BCUT2D eigenvalue weighted by Crippen LogP contribution is 2.39. The number of nitrogen functional groups attached to an aromatic ring is 1. The first-order chi connectivity index (χ1) is 12.0. The zero-order chi connectivity index (χ0) is 18.4. The Morgan fingerprint density at radius 2 is 1.81 bits per heavy atom. The summed E-state index contributed by atoms with van der Waals surface area (Å²) in [6.07, 6.45) is 3.74. The SMILES string of the molecule is CCOC(=O)CSc1sc(C(=O)OCC)c(N)c1-[n+]1ccc(C)cc1.[Br-]. The van der Waals surface area contributed by atoms with Crippen molar-refractivity contribution < 1.29 is 40.6 Å². The molecule has 0 saturated carbocycles. The van der Waals surface area contributed by atoms with Crippen LogP contribution in [0.2, 0.25) is 0 Å². The average Bonchev–Trinajstić information content (AvgIpc) is 2.91. The number of ether oxygens (including phenoxy) is 2. The second-order valence-corrected chi connectivity index (χ2v) is 7.34. The highest BCUT2D eigenvalue weighted by molar-refractivity contribution is 8.01. The summed E-state index contributed by atoms with van der Waals surface area (Å²) >= 11 is 2.53. The third-order valence-electron chi connectivity index (χ3n) is 3.23. The molecule has 2 aromatic rings. The molecule has 0 unspecified atom stereocenters.